The molecule has 0 saturated carbocycles. The minimum atomic E-state index is -0.227. The summed E-state index contributed by atoms with van der Waals surface area (Å²) in [6.07, 6.45) is 3.99. The molecule has 0 unspecified atom stereocenters. The number of amides is 1. The third-order valence-electron chi connectivity index (χ3n) is 3.98. The van der Waals surface area contributed by atoms with Crippen molar-refractivity contribution in [2.45, 2.75) is 19.9 Å². The van der Waals surface area contributed by atoms with E-state index in [-0.39, 0.29) is 5.91 Å². The number of rotatable bonds is 7. The van der Waals surface area contributed by atoms with Crippen LogP contribution >= 0.6 is 0 Å². The van der Waals surface area contributed by atoms with Gasteiger partial charge in [-0.25, -0.2) is 9.97 Å². The Morgan fingerprint density at radius 2 is 1.77 bits per heavy atom. The zero-order valence-corrected chi connectivity index (χ0v) is 14.8. The van der Waals surface area contributed by atoms with E-state index in [4.69, 9.17) is 0 Å². The molecule has 0 saturated heterocycles. The van der Waals surface area contributed by atoms with E-state index in [1.54, 1.807) is 6.20 Å². The molecule has 3 rings (SSSR count). The zero-order chi connectivity index (χ0) is 18.2. The summed E-state index contributed by atoms with van der Waals surface area (Å²) in [5, 5.41) is 6.08. The average molecular weight is 346 g/mol. The largest absolute Gasteiger partial charge is 0.368 e. The molecule has 132 valence electrons. The monoisotopic (exact) mass is 346 g/mol. The number of anilines is 1. The Balaban J connectivity index is 1.48. The number of nitrogens with one attached hydrogen (secondary N) is 2. The van der Waals surface area contributed by atoms with Gasteiger partial charge in [-0.2, -0.15) is 0 Å². The van der Waals surface area contributed by atoms with E-state index in [0.29, 0.717) is 18.1 Å². The van der Waals surface area contributed by atoms with Gasteiger partial charge < -0.3 is 10.6 Å². The second-order valence-electron chi connectivity index (χ2n) is 6.12. The Labute approximate surface area is 153 Å². The van der Waals surface area contributed by atoms with Crippen molar-refractivity contribution >= 4 is 11.7 Å². The lowest BCUT2D eigenvalue weighted by Crippen LogP contribution is -2.24. The molecule has 1 heterocycles. The number of carbonyl (C=O) groups excluding carboxylic acids is 1. The summed E-state index contributed by atoms with van der Waals surface area (Å²) in [5.74, 6) is 0.436. The summed E-state index contributed by atoms with van der Waals surface area (Å²) in [6.45, 7) is 3.26. The van der Waals surface area contributed by atoms with Crippen LogP contribution in [0.15, 0.2) is 67.0 Å². The molecule has 0 bridgehead atoms. The molecule has 0 aliphatic carbocycles. The van der Waals surface area contributed by atoms with Gasteiger partial charge in [-0.1, -0.05) is 60.2 Å². The maximum atomic E-state index is 12.2. The highest BCUT2D eigenvalue weighted by molar-refractivity contribution is 5.91. The fourth-order valence-electron chi connectivity index (χ4n) is 2.61. The van der Waals surface area contributed by atoms with E-state index in [1.807, 2.05) is 49.4 Å². The Kier molecular flexibility index (Phi) is 5.93. The predicted molar refractivity (Wildman–Crippen MR) is 103 cm³/mol. The smallest absolute Gasteiger partial charge is 0.271 e. The van der Waals surface area contributed by atoms with Crippen molar-refractivity contribution in [1.29, 1.82) is 0 Å². The van der Waals surface area contributed by atoms with Crippen LogP contribution in [-0.4, -0.2) is 22.4 Å². The first-order valence-corrected chi connectivity index (χ1v) is 8.64. The number of aromatic nitrogens is 2. The molecule has 0 aliphatic rings. The van der Waals surface area contributed by atoms with Crippen LogP contribution in [0.25, 0.3) is 0 Å². The molecule has 26 heavy (non-hydrogen) atoms. The van der Waals surface area contributed by atoms with Crippen LogP contribution in [0.1, 0.15) is 27.2 Å². The summed E-state index contributed by atoms with van der Waals surface area (Å²) in [7, 11) is 0. The van der Waals surface area contributed by atoms with Gasteiger partial charge in [-0.3, -0.25) is 4.79 Å². The van der Waals surface area contributed by atoms with E-state index >= 15 is 0 Å². The topological polar surface area (TPSA) is 66.9 Å². The van der Waals surface area contributed by atoms with Gasteiger partial charge in [0.15, 0.2) is 0 Å². The van der Waals surface area contributed by atoms with E-state index in [0.717, 1.165) is 18.5 Å². The molecular formula is C21H22N4O. The van der Waals surface area contributed by atoms with E-state index < -0.39 is 0 Å². The van der Waals surface area contributed by atoms with Crippen LogP contribution in [0, 0.1) is 6.92 Å². The van der Waals surface area contributed by atoms with Crippen LogP contribution in [0.4, 0.5) is 5.82 Å². The molecule has 0 aliphatic heterocycles. The van der Waals surface area contributed by atoms with Gasteiger partial charge in [0.1, 0.15) is 11.5 Å². The van der Waals surface area contributed by atoms with Gasteiger partial charge in [0.05, 0.1) is 12.4 Å². The Morgan fingerprint density at radius 3 is 2.50 bits per heavy atom. The SMILES string of the molecule is Cc1cccc(CNC(=O)c2cnc(NCCc3ccccc3)cn2)c1. The van der Waals surface area contributed by atoms with E-state index in [2.05, 4.69) is 32.7 Å². The van der Waals surface area contributed by atoms with Crippen molar-refractivity contribution in [3.05, 3.63) is 89.4 Å². The van der Waals surface area contributed by atoms with Crippen molar-refractivity contribution in [3.8, 4) is 0 Å². The molecule has 0 radical (unpaired) electrons. The molecule has 5 heteroatoms. The first-order chi connectivity index (χ1) is 12.7. The quantitative estimate of drug-likeness (QED) is 0.688. The van der Waals surface area contributed by atoms with Crippen LogP contribution in [0.5, 0.6) is 0 Å². The van der Waals surface area contributed by atoms with Crippen LogP contribution in [-0.2, 0) is 13.0 Å². The summed E-state index contributed by atoms with van der Waals surface area (Å²) in [6, 6.07) is 18.3. The number of hydrogen-bond donors (Lipinski definition) is 2. The Hall–Kier alpha value is -3.21. The summed E-state index contributed by atoms with van der Waals surface area (Å²) in [4.78, 5) is 20.6. The second kappa shape index (κ2) is 8.76. The van der Waals surface area contributed by atoms with Gasteiger partial charge in [-0.15, -0.1) is 0 Å². The highest BCUT2D eigenvalue weighted by Crippen LogP contribution is 2.06. The first kappa shape index (κ1) is 17.6. The molecule has 1 aromatic heterocycles. The molecule has 5 nitrogen and oxygen atoms in total. The molecule has 2 aromatic carbocycles. The number of carbonyl (C=O) groups is 1. The van der Waals surface area contributed by atoms with Crippen molar-refractivity contribution in [1.82, 2.24) is 15.3 Å². The number of benzene rings is 2. The van der Waals surface area contributed by atoms with E-state index in [1.165, 1.54) is 17.3 Å². The first-order valence-electron chi connectivity index (χ1n) is 8.64. The van der Waals surface area contributed by atoms with Crippen molar-refractivity contribution < 1.29 is 4.79 Å². The fraction of sp³-hybridized carbons (Fsp3) is 0.190. The summed E-state index contributed by atoms with van der Waals surface area (Å²) in [5.41, 5.74) is 3.80. The molecule has 3 aromatic rings. The highest BCUT2D eigenvalue weighted by Gasteiger charge is 2.07. The Morgan fingerprint density at radius 1 is 0.962 bits per heavy atom. The average Bonchev–Trinajstić information content (AvgIpc) is 2.68. The number of nitrogens with zero attached hydrogens (tertiary/aromatic N) is 2. The second-order valence-corrected chi connectivity index (χ2v) is 6.12. The fourth-order valence-corrected chi connectivity index (χ4v) is 2.61. The zero-order valence-electron chi connectivity index (χ0n) is 14.8. The normalized spacial score (nSPS) is 10.3. The maximum Gasteiger partial charge on any atom is 0.271 e. The highest BCUT2D eigenvalue weighted by atomic mass is 16.1. The molecule has 0 atom stereocenters. The minimum absolute atomic E-state index is 0.227. The number of hydrogen-bond acceptors (Lipinski definition) is 4. The van der Waals surface area contributed by atoms with Crippen LogP contribution in [0.3, 0.4) is 0 Å². The lowest BCUT2D eigenvalue weighted by atomic mass is 10.1. The predicted octanol–water partition coefficient (Wildman–Crippen LogP) is 3.37. The standard InChI is InChI=1S/C21H22N4O/c1-16-6-5-9-18(12-16)13-25-21(26)19-14-24-20(15-23-19)22-11-10-17-7-3-2-4-8-17/h2-9,12,14-15H,10-11,13H2,1H3,(H,22,24)(H,25,26). The van der Waals surface area contributed by atoms with Crippen molar-refractivity contribution in [2.24, 2.45) is 0 Å². The maximum absolute atomic E-state index is 12.2. The molecule has 0 fully saturated rings. The number of aryl methyl sites for hydroxylation is 1. The van der Waals surface area contributed by atoms with E-state index in [9.17, 15) is 4.79 Å². The van der Waals surface area contributed by atoms with Gasteiger partial charge in [0.2, 0.25) is 0 Å². The Bertz CT molecular complexity index is 847. The summed E-state index contributed by atoms with van der Waals surface area (Å²) < 4.78 is 0. The molecule has 2 N–H and O–H groups in total. The van der Waals surface area contributed by atoms with Crippen LogP contribution < -0.4 is 10.6 Å². The molecule has 0 spiro atoms. The van der Waals surface area contributed by atoms with Crippen LogP contribution in [0.2, 0.25) is 0 Å². The van der Waals surface area contributed by atoms with Gasteiger partial charge in [0, 0.05) is 13.1 Å². The van der Waals surface area contributed by atoms with Gasteiger partial charge >= 0.3 is 0 Å². The lowest BCUT2D eigenvalue weighted by molar-refractivity contribution is 0.0945. The van der Waals surface area contributed by atoms with Gasteiger partial charge in [-0.05, 0) is 24.5 Å². The molecule has 1 amide bonds. The van der Waals surface area contributed by atoms with Crippen molar-refractivity contribution in [3.63, 3.8) is 0 Å². The van der Waals surface area contributed by atoms with Crippen molar-refractivity contribution in [2.75, 3.05) is 11.9 Å². The molecular weight excluding hydrogens is 324 g/mol. The summed E-state index contributed by atoms with van der Waals surface area (Å²) >= 11 is 0. The lowest BCUT2D eigenvalue weighted by Gasteiger charge is -2.07. The third-order valence-corrected chi connectivity index (χ3v) is 3.98. The van der Waals surface area contributed by atoms with Gasteiger partial charge in [0.25, 0.3) is 5.91 Å². The third kappa shape index (κ3) is 5.14. The minimum Gasteiger partial charge on any atom is -0.368 e.